The third-order valence-corrected chi connectivity index (χ3v) is 3.71. The summed E-state index contributed by atoms with van der Waals surface area (Å²) in [6.07, 6.45) is 3.36. The maximum absolute atomic E-state index is 5.78. The van der Waals surface area contributed by atoms with Crippen molar-refractivity contribution in [1.29, 1.82) is 0 Å². The first kappa shape index (κ1) is 16.2. The summed E-state index contributed by atoms with van der Waals surface area (Å²) in [7, 11) is 0. The van der Waals surface area contributed by atoms with E-state index in [0.29, 0.717) is 5.82 Å². The van der Waals surface area contributed by atoms with Gasteiger partial charge in [0.1, 0.15) is 18.0 Å². The SMILES string of the molecule is CC(C)(C)c1cc(NCC(C)(C)c2ccnc(N)c2)ncn1. The quantitative estimate of drug-likeness (QED) is 0.907. The maximum atomic E-state index is 5.78. The average Bonchev–Trinajstić information content (AvgIpc) is 2.45. The number of anilines is 2. The molecular weight excluding hydrogens is 274 g/mol. The van der Waals surface area contributed by atoms with Crippen molar-refractivity contribution >= 4 is 11.6 Å². The molecular formula is C17H25N5. The van der Waals surface area contributed by atoms with Crippen LogP contribution < -0.4 is 11.1 Å². The van der Waals surface area contributed by atoms with Gasteiger partial charge in [-0.25, -0.2) is 15.0 Å². The number of hydrogen-bond donors (Lipinski definition) is 2. The minimum absolute atomic E-state index is 0.00837. The second kappa shape index (κ2) is 5.91. The summed E-state index contributed by atoms with van der Waals surface area (Å²) in [5.74, 6) is 1.39. The Balaban J connectivity index is 2.12. The van der Waals surface area contributed by atoms with Crippen molar-refractivity contribution in [3.63, 3.8) is 0 Å². The van der Waals surface area contributed by atoms with Gasteiger partial charge in [-0.2, -0.15) is 0 Å². The Morgan fingerprint density at radius 2 is 1.77 bits per heavy atom. The largest absolute Gasteiger partial charge is 0.384 e. The summed E-state index contributed by atoms with van der Waals surface area (Å²) in [6.45, 7) is 11.5. The Hall–Kier alpha value is -2.17. The highest BCUT2D eigenvalue weighted by molar-refractivity contribution is 5.40. The molecule has 5 heteroatoms. The molecule has 2 rings (SSSR count). The minimum Gasteiger partial charge on any atom is -0.384 e. The van der Waals surface area contributed by atoms with Crippen LogP contribution in [0.25, 0.3) is 0 Å². The molecule has 118 valence electrons. The van der Waals surface area contributed by atoms with E-state index in [-0.39, 0.29) is 10.8 Å². The molecule has 22 heavy (non-hydrogen) atoms. The summed E-state index contributed by atoms with van der Waals surface area (Å²) in [6, 6.07) is 5.93. The molecule has 0 bridgehead atoms. The summed E-state index contributed by atoms with van der Waals surface area (Å²) >= 11 is 0. The van der Waals surface area contributed by atoms with Crippen LogP contribution in [0.2, 0.25) is 0 Å². The molecule has 3 N–H and O–H groups in total. The molecule has 0 saturated heterocycles. The Morgan fingerprint density at radius 3 is 2.41 bits per heavy atom. The van der Waals surface area contributed by atoms with Crippen LogP contribution in [0.1, 0.15) is 45.9 Å². The molecule has 0 unspecified atom stereocenters. The third kappa shape index (κ3) is 3.93. The molecule has 0 saturated carbocycles. The number of aromatic nitrogens is 3. The molecule has 0 spiro atoms. The lowest BCUT2D eigenvalue weighted by molar-refractivity contribution is 0.552. The Kier molecular flexibility index (Phi) is 4.35. The zero-order valence-corrected chi connectivity index (χ0v) is 14.0. The minimum atomic E-state index is -0.0795. The molecule has 0 radical (unpaired) electrons. The monoisotopic (exact) mass is 299 g/mol. The smallest absolute Gasteiger partial charge is 0.129 e. The number of nitrogen functional groups attached to an aromatic ring is 1. The number of nitrogens with one attached hydrogen (secondary N) is 1. The van der Waals surface area contributed by atoms with Gasteiger partial charge < -0.3 is 11.1 Å². The zero-order valence-electron chi connectivity index (χ0n) is 14.0. The van der Waals surface area contributed by atoms with E-state index in [1.165, 1.54) is 0 Å². The molecule has 0 aliphatic carbocycles. The lowest BCUT2D eigenvalue weighted by Crippen LogP contribution is -2.28. The van der Waals surface area contributed by atoms with Crippen molar-refractivity contribution in [1.82, 2.24) is 15.0 Å². The highest BCUT2D eigenvalue weighted by atomic mass is 15.0. The number of hydrogen-bond acceptors (Lipinski definition) is 5. The molecule has 2 aromatic heterocycles. The Bertz CT molecular complexity index is 643. The summed E-state index contributed by atoms with van der Waals surface area (Å²) < 4.78 is 0. The van der Waals surface area contributed by atoms with Crippen LogP contribution >= 0.6 is 0 Å². The van der Waals surface area contributed by atoms with Crippen LogP contribution in [0.15, 0.2) is 30.7 Å². The summed E-state index contributed by atoms with van der Waals surface area (Å²) in [5, 5.41) is 3.40. The highest BCUT2D eigenvalue weighted by Crippen LogP contribution is 2.25. The van der Waals surface area contributed by atoms with Crippen molar-refractivity contribution in [2.75, 3.05) is 17.6 Å². The van der Waals surface area contributed by atoms with Gasteiger partial charge in [0, 0.05) is 29.6 Å². The number of rotatable bonds is 4. The van der Waals surface area contributed by atoms with Gasteiger partial charge in [0.05, 0.1) is 5.69 Å². The van der Waals surface area contributed by atoms with Gasteiger partial charge in [0.2, 0.25) is 0 Å². The van der Waals surface area contributed by atoms with Gasteiger partial charge in [0.25, 0.3) is 0 Å². The number of nitrogens with zero attached hydrogens (tertiary/aromatic N) is 3. The van der Waals surface area contributed by atoms with Crippen molar-refractivity contribution in [2.45, 2.75) is 45.4 Å². The average molecular weight is 299 g/mol. The molecule has 0 fully saturated rings. The molecule has 0 amide bonds. The van der Waals surface area contributed by atoms with E-state index in [0.717, 1.165) is 23.6 Å². The van der Waals surface area contributed by atoms with E-state index in [2.05, 4.69) is 54.9 Å². The van der Waals surface area contributed by atoms with Gasteiger partial charge in [-0.3, -0.25) is 0 Å². The predicted octanol–water partition coefficient (Wildman–Crippen LogP) is 3.14. The first-order chi connectivity index (χ1) is 10.2. The van der Waals surface area contributed by atoms with E-state index in [1.807, 2.05) is 18.2 Å². The lowest BCUT2D eigenvalue weighted by atomic mass is 9.85. The summed E-state index contributed by atoms with van der Waals surface area (Å²) in [5.41, 5.74) is 7.88. The number of pyridine rings is 1. The fourth-order valence-electron chi connectivity index (χ4n) is 2.15. The highest BCUT2D eigenvalue weighted by Gasteiger charge is 2.22. The zero-order chi connectivity index (χ0) is 16.4. The molecule has 2 aromatic rings. The first-order valence-corrected chi connectivity index (χ1v) is 7.47. The summed E-state index contributed by atoms with van der Waals surface area (Å²) in [4.78, 5) is 12.7. The Labute approximate surface area is 132 Å². The van der Waals surface area contributed by atoms with Crippen LogP contribution in [0, 0.1) is 0 Å². The van der Waals surface area contributed by atoms with E-state index in [1.54, 1.807) is 12.5 Å². The normalized spacial score (nSPS) is 12.2. The maximum Gasteiger partial charge on any atom is 0.129 e. The lowest BCUT2D eigenvalue weighted by Gasteiger charge is -2.26. The second-order valence-corrected chi connectivity index (χ2v) is 7.25. The van der Waals surface area contributed by atoms with Crippen molar-refractivity contribution in [3.05, 3.63) is 42.0 Å². The van der Waals surface area contributed by atoms with Crippen LogP contribution in [0.5, 0.6) is 0 Å². The van der Waals surface area contributed by atoms with Crippen LogP contribution in [-0.2, 0) is 10.8 Å². The van der Waals surface area contributed by atoms with E-state index in [4.69, 9.17) is 5.73 Å². The molecule has 0 aliphatic rings. The van der Waals surface area contributed by atoms with Gasteiger partial charge in [-0.15, -0.1) is 0 Å². The van der Waals surface area contributed by atoms with E-state index >= 15 is 0 Å². The van der Waals surface area contributed by atoms with Crippen molar-refractivity contribution in [2.24, 2.45) is 0 Å². The van der Waals surface area contributed by atoms with Gasteiger partial charge in [-0.05, 0) is 17.7 Å². The standard InChI is InChI=1S/C17H25N5/c1-16(2,3)13-9-15(22-11-21-13)20-10-17(4,5)12-6-7-19-14(18)8-12/h6-9,11H,10H2,1-5H3,(H2,18,19)(H,20,21,22). The van der Waals surface area contributed by atoms with Gasteiger partial charge >= 0.3 is 0 Å². The van der Waals surface area contributed by atoms with E-state index in [9.17, 15) is 0 Å². The molecule has 5 nitrogen and oxygen atoms in total. The van der Waals surface area contributed by atoms with Crippen LogP contribution in [0.3, 0.4) is 0 Å². The molecule has 0 aromatic carbocycles. The van der Waals surface area contributed by atoms with Crippen molar-refractivity contribution in [3.8, 4) is 0 Å². The predicted molar refractivity (Wildman–Crippen MR) is 90.9 cm³/mol. The third-order valence-electron chi connectivity index (χ3n) is 3.71. The topological polar surface area (TPSA) is 76.7 Å². The fraction of sp³-hybridized carbons (Fsp3) is 0.471. The van der Waals surface area contributed by atoms with Crippen LogP contribution in [0.4, 0.5) is 11.6 Å². The number of nitrogens with two attached hydrogens (primary N) is 1. The van der Waals surface area contributed by atoms with Gasteiger partial charge in [0.15, 0.2) is 0 Å². The Morgan fingerprint density at radius 1 is 1.05 bits per heavy atom. The van der Waals surface area contributed by atoms with Crippen molar-refractivity contribution < 1.29 is 0 Å². The van der Waals surface area contributed by atoms with Gasteiger partial charge in [-0.1, -0.05) is 34.6 Å². The fourth-order valence-corrected chi connectivity index (χ4v) is 2.15. The van der Waals surface area contributed by atoms with Crippen LogP contribution in [-0.4, -0.2) is 21.5 Å². The van der Waals surface area contributed by atoms with E-state index < -0.39 is 0 Å². The second-order valence-electron chi connectivity index (χ2n) is 7.25. The molecule has 2 heterocycles. The molecule has 0 aliphatic heterocycles. The molecule has 0 atom stereocenters. The first-order valence-electron chi connectivity index (χ1n) is 7.47.